The molecule has 0 heterocycles. The lowest BCUT2D eigenvalue weighted by atomic mass is 10.1. The van der Waals surface area contributed by atoms with Gasteiger partial charge in [0.05, 0.1) is 12.0 Å². The second-order valence-corrected chi connectivity index (χ2v) is 2.15. The van der Waals surface area contributed by atoms with Gasteiger partial charge in [-0.3, -0.25) is 4.79 Å². The molecule has 1 radical (unpaired) electrons. The predicted molar refractivity (Wildman–Crippen MR) is 27.1 cm³/mol. The number of rotatable bonds is 2. The molecule has 1 amide bonds. The van der Waals surface area contributed by atoms with Crippen LogP contribution in [0.15, 0.2) is 0 Å². The average Bonchev–Trinajstić information content (AvgIpc) is 2.44. The Balaban J connectivity index is 2.53. The number of nitrogens with two attached hydrogens (primary N) is 1. The fourth-order valence-electron chi connectivity index (χ4n) is 0.574. The van der Waals surface area contributed by atoms with Crippen molar-refractivity contribution < 1.29 is 9.90 Å². The van der Waals surface area contributed by atoms with E-state index in [0.717, 1.165) is 6.61 Å². The molecular formula is C5H8NO2. The van der Waals surface area contributed by atoms with Crippen LogP contribution in [-0.4, -0.2) is 11.0 Å². The maximum Gasteiger partial charge on any atom is 0.226 e. The van der Waals surface area contributed by atoms with E-state index >= 15 is 0 Å². The molecule has 8 heavy (non-hydrogen) atoms. The molecule has 0 spiro atoms. The van der Waals surface area contributed by atoms with E-state index in [4.69, 9.17) is 10.8 Å². The van der Waals surface area contributed by atoms with Crippen molar-refractivity contribution in [1.29, 1.82) is 0 Å². The van der Waals surface area contributed by atoms with E-state index in [1.54, 1.807) is 0 Å². The molecule has 1 aliphatic carbocycles. The van der Waals surface area contributed by atoms with Crippen LogP contribution < -0.4 is 5.73 Å². The third-order valence-electron chi connectivity index (χ3n) is 1.53. The number of amides is 1. The van der Waals surface area contributed by atoms with Crippen LogP contribution in [0.25, 0.3) is 0 Å². The smallest absolute Gasteiger partial charge is 0.226 e. The SMILES string of the molecule is NC(=O)C1([CH]O)CC1. The second kappa shape index (κ2) is 1.45. The van der Waals surface area contributed by atoms with Crippen molar-refractivity contribution >= 4 is 5.91 Å². The summed E-state index contributed by atoms with van der Waals surface area (Å²) in [6.45, 7) is 0.898. The number of hydrogen-bond acceptors (Lipinski definition) is 2. The van der Waals surface area contributed by atoms with Gasteiger partial charge < -0.3 is 10.8 Å². The van der Waals surface area contributed by atoms with Crippen molar-refractivity contribution in [3.63, 3.8) is 0 Å². The Bertz CT molecular complexity index is 118. The van der Waals surface area contributed by atoms with E-state index < -0.39 is 11.3 Å². The van der Waals surface area contributed by atoms with E-state index in [-0.39, 0.29) is 0 Å². The molecule has 0 aliphatic heterocycles. The molecule has 0 saturated heterocycles. The standard InChI is InChI=1S/C5H8NO2/c6-4(8)5(3-7)1-2-5/h3,7H,1-2H2,(H2,6,8). The number of aliphatic hydroxyl groups is 1. The lowest BCUT2D eigenvalue weighted by Gasteiger charge is -2.01. The molecule has 0 bridgehead atoms. The van der Waals surface area contributed by atoms with Crippen molar-refractivity contribution in [2.24, 2.45) is 11.1 Å². The topological polar surface area (TPSA) is 63.3 Å². The van der Waals surface area contributed by atoms with E-state index in [1.165, 1.54) is 0 Å². The predicted octanol–water partition coefficient (Wildman–Crippen LogP) is -0.214. The fourth-order valence-corrected chi connectivity index (χ4v) is 0.574. The lowest BCUT2D eigenvalue weighted by molar-refractivity contribution is -0.122. The van der Waals surface area contributed by atoms with E-state index in [0.29, 0.717) is 12.8 Å². The minimum absolute atomic E-state index is 0.417. The molecule has 3 heteroatoms. The zero-order valence-electron chi connectivity index (χ0n) is 4.42. The summed E-state index contributed by atoms with van der Waals surface area (Å²) in [5.41, 5.74) is 4.27. The Hall–Kier alpha value is -0.570. The van der Waals surface area contributed by atoms with Crippen LogP contribution in [0, 0.1) is 12.0 Å². The molecule has 1 rings (SSSR count). The van der Waals surface area contributed by atoms with Crippen molar-refractivity contribution in [1.82, 2.24) is 0 Å². The van der Waals surface area contributed by atoms with Crippen molar-refractivity contribution in [2.75, 3.05) is 0 Å². The zero-order valence-corrected chi connectivity index (χ0v) is 4.42. The summed E-state index contributed by atoms with van der Waals surface area (Å²) in [6, 6.07) is 0. The van der Waals surface area contributed by atoms with Crippen LogP contribution in [0.5, 0.6) is 0 Å². The van der Waals surface area contributed by atoms with Crippen LogP contribution in [-0.2, 0) is 4.79 Å². The third-order valence-corrected chi connectivity index (χ3v) is 1.53. The summed E-state index contributed by atoms with van der Waals surface area (Å²) >= 11 is 0. The zero-order chi connectivity index (χ0) is 6.20. The maximum absolute atomic E-state index is 10.3. The first-order chi connectivity index (χ1) is 3.71. The molecule has 0 aromatic carbocycles. The van der Waals surface area contributed by atoms with Gasteiger partial charge in [-0.25, -0.2) is 0 Å². The molecule has 1 fully saturated rings. The number of carbonyl (C=O) groups is 1. The molecule has 3 N–H and O–H groups in total. The van der Waals surface area contributed by atoms with Gasteiger partial charge in [0.1, 0.15) is 0 Å². The molecule has 0 unspecified atom stereocenters. The summed E-state index contributed by atoms with van der Waals surface area (Å²) in [7, 11) is 0. The Morgan fingerprint density at radius 2 is 2.25 bits per heavy atom. The molecular weight excluding hydrogens is 106 g/mol. The highest BCUT2D eigenvalue weighted by atomic mass is 16.3. The van der Waals surface area contributed by atoms with Gasteiger partial charge in [0.15, 0.2) is 0 Å². The van der Waals surface area contributed by atoms with Gasteiger partial charge in [-0.1, -0.05) is 0 Å². The first kappa shape index (κ1) is 5.56. The van der Waals surface area contributed by atoms with Crippen molar-refractivity contribution in [3.8, 4) is 0 Å². The molecule has 0 atom stereocenters. The summed E-state index contributed by atoms with van der Waals surface area (Å²) in [5.74, 6) is -0.417. The molecule has 0 aromatic heterocycles. The summed E-state index contributed by atoms with van der Waals surface area (Å²) in [4.78, 5) is 10.3. The van der Waals surface area contributed by atoms with Gasteiger partial charge in [-0.2, -0.15) is 0 Å². The number of primary amides is 1. The second-order valence-electron chi connectivity index (χ2n) is 2.15. The Kier molecular flexibility index (Phi) is 1.01. The highest BCUT2D eigenvalue weighted by Gasteiger charge is 2.48. The highest BCUT2D eigenvalue weighted by Crippen LogP contribution is 2.46. The summed E-state index contributed by atoms with van der Waals surface area (Å²) in [5, 5.41) is 8.40. The van der Waals surface area contributed by atoms with Gasteiger partial charge in [-0.15, -0.1) is 0 Å². The van der Waals surface area contributed by atoms with Crippen molar-refractivity contribution in [2.45, 2.75) is 12.8 Å². The molecule has 1 saturated carbocycles. The molecule has 45 valence electrons. The third kappa shape index (κ3) is 0.591. The van der Waals surface area contributed by atoms with E-state index in [1.807, 2.05) is 0 Å². The normalized spacial score (nSPS) is 22.6. The van der Waals surface area contributed by atoms with Gasteiger partial charge in [0.25, 0.3) is 0 Å². The minimum Gasteiger partial charge on any atom is -0.389 e. The van der Waals surface area contributed by atoms with Crippen LogP contribution in [0.3, 0.4) is 0 Å². The highest BCUT2D eigenvalue weighted by molar-refractivity contribution is 5.84. The van der Waals surface area contributed by atoms with Crippen LogP contribution in [0.2, 0.25) is 0 Å². The quantitative estimate of drug-likeness (QED) is 0.521. The summed E-state index contributed by atoms with van der Waals surface area (Å²) < 4.78 is 0. The van der Waals surface area contributed by atoms with Gasteiger partial charge >= 0.3 is 0 Å². The largest absolute Gasteiger partial charge is 0.389 e. The van der Waals surface area contributed by atoms with Crippen LogP contribution in [0.4, 0.5) is 0 Å². The van der Waals surface area contributed by atoms with Crippen molar-refractivity contribution in [3.05, 3.63) is 6.61 Å². The number of aliphatic hydroxyl groups excluding tert-OH is 1. The first-order valence-electron chi connectivity index (χ1n) is 2.50. The minimum atomic E-state index is -0.639. The van der Waals surface area contributed by atoms with E-state index in [2.05, 4.69) is 0 Å². The van der Waals surface area contributed by atoms with E-state index in [9.17, 15) is 4.79 Å². The molecule has 1 aliphatic rings. The number of hydrogen-bond donors (Lipinski definition) is 2. The first-order valence-corrected chi connectivity index (χ1v) is 2.50. The fraction of sp³-hybridized carbons (Fsp3) is 0.600. The van der Waals surface area contributed by atoms with Gasteiger partial charge in [0, 0.05) is 0 Å². The van der Waals surface area contributed by atoms with Crippen LogP contribution in [0.1, 0.15) is 12.8 Å². The van der Waals surface area contributed by atoms with Gasteiger partial charge in [-0.05, 0) is 12.8 Å². The lowest BCUT2D eigenvalue weighted by Crippen LogP contribution is -2.24. The Labute approximate surface area is 47.5 Å². The monoisotopic (exact) mass is 114 g/mol. The Morgan fingerprint density at radius 1 is 1.75 bits per heavy atom. The average molecular weight is 114 g/mol. The number of carbonyl (C=O) groups excluding carboxylic acids is 1. The van der Waals surface area contributed by atoms with Crippen LogP contribution >= 0.6 is 0 Å². The molecule has 0 aromatic rings. The van der Waals surface area contributed by atoms with Gasteiger partial charge in [0.2, 0.25) is 5.91 Å². The maximum atomic E-state index is 10.3. The Morgan fingerprint density at radius 3 is 2.25 bits per heavy atom. The molecule has 3 nitrogen and oxygen atoms in total. The summed E-state index contributed by atoms with van der Waals surface area (Å²) in [6.07, 6.45) is 1.41.